The summed E-state index contributed by atoms with van der Waals surface area (Å²) in [4.78, 5) is 4.44. The van der Waals surface area contributed by atoms with Crippen molar-refractivity contribution in [1.82, 2.24) is 14.8 Å². The van der Waals surface area contributed by atoms with Crippen LogP contribution >= 0.6 is 11.3 Å². The molecule has 0 aliphatic heterocycles. The molecule has 0 aliphatic rings. The van der Waals surface area contributed by atoms with E-state index >= 15 is 0 Å². The number of anilines is 1. The molecular formula is C11H16N4S. The number of nitrogen functional groups attached to an aromatic ring is 1. The zero-order valence-electron chi connectivity index (χ0n) is 9.82. The summed E-state index contributed by atoms with van der Waals surface area (Å²) in [6, 6.07) is 0. The molecule has 5 heteroatoms. The molecular weight excluding hydrogens is 220 g/mol. The quantitative estimate of drug-likeness (QED) is 0.890. The molecule has 0 bridgehead atoms. The van der Waals surface area contributed by atoms with Crippen molar-refractivity contribution < 1.29 is 0 Å². The van der Waals surface area contributed by atoms with E-state index in [0.717, 1.165) is 40.7 Å². The minimum Gasteiger partial charge on any atom is -0.396 e. The molecule has 2 aromatic heterocycles. The lowest BCUT2D eigenvalue weighted by molar-refractivity contribution is 0.786. The highest BCUT2D eigenvalue weighted by Gasteiger charge is 2.15. The van der Waals surface area contributed by atoms with E-state index in [9.17, 15) is 0 Å². The Bertz CT molecular complexity index is 498. The number of nitrogens with zero attached hydrogens (tertiary/aromatic N) is 3. The second-order valence-corrected chi connectivity index (χ2v) is 4.53. The van der Waals surface area contributed by atoms with Crippen molar-refractivity contribution in [1.29, 1.82) is 0 Å². The first kappa shape index (κ1) is 11.1. The molecule has 0 amide bonds. The Morgan fingerprint density at radius 1 is 1.38 bits per heavy atom. The van der Waals surface area contributed by atoms with Crippen LogP contribution < -0.4 is 5.73 Å². The Morgan fingerprint density at radius 2 is 2.12 bits per heavy atom. The van der Waals surface area contributed by atoms with Crippen molar-refractivity contribution in [3.05, 3.63) is 22.5 Å². The maximum absolute atomic E-state index is 6.06. The van der Waals surface area contributed by atoms with Crippen LogP contribution in [0.1, 0.15) is 30.9 Å². The second kappa shape index (κ2) is 4.25. The summed E-state index contributed by atoms with van der Waals surface area (Å²) < 4.78 is 1.88. The van der Waals surface area contributed by atoms with Gasteiger partial charge in [-0.2, -0.15) is 5.10 Å². The Balaban J connectivity index is 2.55. The molecule has 0 spiro atoms. The third-order valence-electron chi connectivity index (χ3n) is 2.56. The third kappa shape index (κ3) is 1.71. The van der Waals surface area contributed by atoms with Crippen molar-refractivity contribution in [3.8, 4) is 5.13 Å². The Kier molecular flexibility index (Phi) is 2.96. The average molecular weight is 236 g/mol. The first-order chi connectivity index (χ1) is 7.67. The Morgan fingerprint density at radius 3 is 2.62 bits per heavy atom. The van der Waals surface area contributed by atoms with E-state index in [4.69, 9.17) is 5.73 Å². The number of rotatable bonds is 3. The van der Waals surface area contributed by atoms with Gasteiger partial charge in [-0.25, -0.2) is 9.67 Å². The highest BCUT2D eigenvalue weighted by atomic mass is 32.1. The van der Waals surface area contributed by atoms with Crippen LogP contribution in [0.2, 0.25) is 0 Å². The predicted molar refractivity (Wildman–Crippen MR) is 67.1 cm³/mol. The molecule has 0 saturated heterocycles. The van der Waals surface area contributed by atoms with Gasteiger partial charge in [0.05, 0.1) is 22.8 Å². The number of hydrogen-bond donors (Lipinski definition) is 1. The van der Waals surface area contributed by atoms with Crippen molar-refractivity contribution in [2.45, 2.75) is 33.6 Å². The lowest BCUT2D eigenvalue weighted by Crippen LogP contribution is -2.02. The van der Waals surface area contributed by atoms with Crippen LogP contribution in [-0.4, -0.2) is 14.8 Å². The fraction of sp³-hybridized carbons (Fsp3) is 0.455. The van der Waals surface area contributed by atoms with Crippen molar-refractivity contribution >= 4 is 17.0 Å². The van der Waals surface area contributed by atoms with Gasteiger partial charge in [-0.1, -0.05) is 13.8 Å². The largest absolute Gasteiger partial charge is 0.396 e. The molecule has 0 saturated carbocycles. The van der Waals surface area contributed by atoms with E-state index in [2.05, 4.69) is 23.9 Å². The van der Waals surface area contributed by atoms with E-state index in [1.54, 1.807) is 11.3 Å². The van der Waals surface area contributed by atoms with Crippen LogP contribution in [0, 0.1) is 6.92 Å². The SMILES string of the molecule is CCc1nn(-c2nc(C)cs2)c(CC)c1N. The van der Waals surface area contributed by atoms with Gasteiger partial charge in [-0.15, -0.1) is 11.3 Å². The fourth-order valence-corrected chi connectivity index (χ4v) is 2.49. The zero-order chi connectivity index (χ0) is 11.7. The van der Waals surface area contributed by atoms with E-state index in [-0.39, 0.29) is 0 Å². The number of nitrogens with two attached hydrogens (primary N) is 1. The van der Waals surface area contributed by atoms with Crippen LogP contribution in [0.5, 0.6) is 0 Å². The van der Waals surface area contributed by atoms with Crippen molar-refractivity contribution in [2.75, 3.05) is 5.73 Å². The van der Waals surface area contributed by atoms with E-state index < -0.39 is 0 Å². The van der Waals surface area contributed by atoms with E-state index in [0.29, 0.717) is 0 Å². The maximum Gasteiger partial charge on any atom is 0.210 e. The summed E-state index contributed by atoms with van der Waals surface area (Å²) in [5, 5.41) is 7.45. The van der Waals surface area contributed by atoms with E-state index in [1.165, 1.54) is 0 Å². The highest BCUT2D eigenvalue weighted by molar-refractivity contribution is 7.12. The van der Waals surface area contributed by atoms with Crippen LogP contribution in [0.15, 0.2) is 5.38 Å². The molecule has 4 nitrogen and oxygen atoms in total. The van der Waals surface area contributed by atoms with Gasteiger partial charge in [0.15, 0.2) is 0 Å². The summed E-state index contributed by atoms with van der Waals surface area (Å²) in [6.45, 7) is 6.14. The van der Waals surface area contributed by atoms with Crippen molar-refractivity contribution in [2.24, 2.45) is 0 Å². The van der Waals surface area contributed by atoms with Crippen LogP contribution in [0.4, 0.5) is 5.69 Å². The molecule has 2 heterocycles. The lowest BCUT2D eigenvalue weighted by Gasteiger charge is -2.01. The molecule has 0 radical (unpaired) electrons. The molecule has 0 atom stereocenters. The van der Waals surface area contributed by atoms with Gasteiger partial charge in [-0.3, -0.25) is 0 Å². The number of aromatic nitrogens is 3. The lowest BCUT2D eigenvalue weighted by atomic mass is 10.2. The third-order valence-corrected chi connectivity index (χ3v) is 3.49. The van der Waals surface area contributed by atoms with Crippen LogP contribution in [0.3, 0.4) is 0 Å². The minimum atomic E-state index is 0.817. The summed E-state index contributed by atoms with van der Waals surface area (Å²) in [5.41, 5.74) is 9.93. The molecule has 0 fully saturated rings. The van der Waals surface area contributed by atoms with Gasteiger partial charge in [0, 0.05) is 5.38 Å². The minimum absolute atomic E-state index is 0.817. The van der Waals surface area contributed by atoms with Gasteiger partial charge in [0.25, 0.3) is 0 Å². The normalized spacial score (nSPS) is 10.9. The molecule has 0 aliphatic carbocycles. The van der Waals surface area contributed by atoms with Gasteiger partial charge >= 0.3 is 0 Å². The van der Waals surface area contributed by atoms with Gasteiger partial charge < -0.3 is 5.73 Å². The fourth-order valence-electron chi connectivity index (χ4n) is 1.71. The predicted octanol–water partition coefficient (Wildman–Crippen LogP) is 2.34. The Hall–Kier alpha value is -1.36. The molecule has 0 aromatic carbocycles. The van der Waals surface area contributed by atoms with E-state index in [1.807, 2.05) is 17.0 Å². The summed E-state index contributed by atoms with van der Waals surface area (Å²) in [6.07, 6.45) is 1.73. The standard InChI is InChI=1S/C11H16N4S/c1-4-8-10(12)9(5-2)15(14-8)11-13-7(3)6-16-11/h6H,4-5,12H2,1-3H3. The molecule has 2 N–H and O–H groups in total. The molecule has 2 rings (SSSR count). The highest BCUT2D eigenvalue weighted by Crippen LogP contribution is 2.23. The first-order valence-electron chi connectivity index (χ1n) is 5.46. The number of hydrogen-bond acceptors (Lipinski definition) is 4. The topological polar surface area (TPSA) is 56.7 Å². The summed E-state index contributed by atoms with van der Waals surface area (Å²) in [7, 11) is 0. The van der Waals surface area contributed by atoms with Gasteiger partial charge in [0.1, 0.15) is 0 Å². The van der Waals surface area contributed by atoms with Gasteiger partial charge in [0.2, 0.25) is 5.13 Å². The maximum atomic E-state index is 6.06. The summed E-state index contributed by atoms with van der Waals surface area (Å²) >= 11 is 1.60. The molecule has 0 unspecified atom stereocenters. The molecule has 86 valence electrons. The zero-order valence-corrected chi connectivity index (χ0v) is 10.6. The average Bonchev–Trinajstić information content (AvgIpc) is 2.82. The molecule has 16 heavy (non-hydrogen) atoms. The molecule has 2 aromatic rings. The number of thiazole rings is 1. The van der Waals surface area contributed by atoms with Crippen molar-refractivity contribution in [3.63, 3.8) is 0 Å². The monoisotopic (exact) mass is 236 g/mol. The number of aryl methyl sites for hydroxylation is 2. The van der Waals surface area contributed by atoms with Crippen LogP contribution in [-0.2, 0) is 12.8 Å². The van der Waals surface area contributed by atoms with Gasteiger partial charge in [-0.05, 0) is 19.8 Å². The summed E-state index contributed by atoms with van der Waals surface area (Å²) in [5.74, 6) is 0. The Labute approximate surface area is 99.1 Å². The second-order valence-electron chi connectivity index (χ2n) is 3.70. The van der Waals surface area contributed by atoms with Crippen LogP contribution in [0.25, 0.3) is 5.13 Å². The first-order valence-corrected chi connectivity index (χ1v) is 6.34. The smallest absolute Gasteiger partial charge is 0.210 e.